The first-order valence-electron chi connectivity index (χ1n) is 8.74. The van der Waals surface area contributed by atoms with Gasteiger partial charge in [0.25, 0.3) is 0 Å². The number of aromatic nitrogens is 4. The summed E-state index contributed by atoms with van der Waals surface area (Å²) >= 11 is 0. The number of aryl methyl sites for hydroxylation is 1. The highest BCUT2D eigenvalue weighted by atomic mass is 32.2. The Morgan fingerprint density at radius 2 is 1.77 bits per heavy atom. The highest BCUT2D eigenvalue weighted by Crippen LogP contribution is 2.11. The number of sulfonamides is 1. The molecule has 10 heteroatoms. The fourth-order valence-corrected chi connectivity index (χ4v) is 3.52. The Balaban J connectivity index is 1.34. The van der Waals surface area contributed by atoms with Gasteiger partial charge in [-0.2, -0.15) is 5.10 Å². The molecule has 0 spiro atoms. The summed E-state index contributed by atoms with van der Waals surface area (Å²) in [7, 11) is -3.25. The van der Waals surface area contributed by atoms with Crippen molar-refractivity contribution in [2.24, 2.45) is 0 Å². The summed E-state index contributed by atoms with van der Waals surface area (Å²) < 4.78 is 26.6. The molecule has 0 amide bonds. The van der Waals surface area contributed by atoms with Gasteiger partial charge in [0.15, 0.2) is 0 Å². The lowest BCUT2D eigenvalue weighted by Gasteiger charge is -2.34. The van der Waals surface area contributed by atoms with Crippen molar-refractivity contribution in [1.82, 2.24) is 24.6 Å². The second-order valence-corrected chi connectivity index (χ2v) is 8.20. The number of anilines is 2. The first-order valence-corrected chi connectivity index (χ1v) is 10.6. The molecule has 2 aromatic heterocycles. The molecule has 0 atom stereocenters. The molecule has 0 radical (unpaired) electrons. The molecule has 3 heterocycles. The fraction of sp³-hybridized carbons (Fsp3) is 0.562. The largest absolute Gasteiger partial charge is 0.338 e. The molecule has 1 aliphatic heterocycles. The van der Waals surface area contributed by atoms with E-state index in [9.17, 15) is 8.42 Å². The van der Waals surface area contributed by atoms with Crippen LogP contribution in [0.4, 0.5) is 11.6 Å². The van der Waals surface area contributed by atoms with Crippen LogP contribution >= 0.6 is 0 Å². The standard InChI is InChI=1S/C16H25N7O2S/c1-26(24,25)20-15-13-19-23(14-15)8-3-2-7-21-9-11-22(12-10-21)16-17-5-4-6-18-16/h4-6,13-14,20H,2-3,7-12H2,1H3. The van der Waals surface area contributed by atoms with Crippen LogP contribution in [0.3, 0.4) is 0 Å². The fourth-order valence-electron chi connectivity index (χ4n) is 2.99. The van der Waals surface area contributed by atoms with E-state index in [1.165, 1.54) is 6.20 Å². The number of piperazine rings is 1. The van der Waals surface area contributed by atoms with Gasteiger partial charge in [-0.15, -0.1) is 0 Å². The van der Waals surface area contributed by atoms with E-state index in [1.54, 1.807) is 23.3 Å². The van der Waals surface area contributed by atoms with Crippen LogP contribution in [0, 0.1) is 0 Å². The third kappa shape index (κ3) is 5.67. The van der Waals surface area contributed by atoms with E-state index in [-0.39, 0.29) is 0 Å². The summed E-state index contributed by atoms with van der Waals surface area (Å²) in [6.45, 7) is 5.76. The molecule has 142 valence electrons. The Labute approximate surface area is 154 Å². The van der Waals surface area contributed by atoms with Gasteiger partial charge in [-0.25, -0.2) is 18.4 Å². The molecule has 0 unspecified atom stereocenters. The number of hydrogen-bond acceptors (Lipinski definition) is 7. The SMILES string of the molecule is CS(=O)(=O)Nc1cnn(CCCCN2CCN(c3ncccn3)CC2)c1. The lowest BCUT2D eigenvalue weighted by atomic mass is 10.2. The van der Waals surface area contributed by atoms with E-state index in [2.05, 4.69) is 29.6 Å². The third-order valence-electron chi connectivity index (χ3n) is 4.26. The second kappa shape index (κ2) is 8.45. The van der Waals surface area contributed by atoms with Gasteiger partial charge in [0, 0.05) is 51.3 Å². The minimum Gasteiger partial charge on any atom is -0.338 e. The van der Waals surface area contributed by atoms with Crippen molar-refractivity contribution in [2.45, 2.75) is 19.4 Å². The van der Waals surface area contributed by atoms with Crippen LogP contribution in [0.15, 0.2) is 30.9 Å². The quantitative estimate of drug-likeness (QED) is 0.673. The minimum atomic E-state index is -3.25. The van der Waals surface area contributed by atoms with E-state index in [0.717, 1.165) is 64.3 Å². The van der Waals surface area contributed by atoms with E-state index < -0.39 is 10.0 Å². The number of hydrogen-bond donors (Lipinski definition) is 1. The molecule has 0 aliphatic carbocycles. The van der Waals surface area contributed by atoms with Gasteiger partial charge in [0.05, 0.1) is 18.1 Å². The van der Waals surface area contributed by atoms with E-state index >= 15 is 0 Å². The molecule has 0 saturated carbocycles. The zero-order valence-electron chi connectivity index (χ0n) is 15.0. The number of rotatable bonds is 8. The molecule has 26 heavy (non-hydrogen) atoms. The lowest BCUT2D eigenvalue weighted by molar-refractivity contribution is 0.249. The van der Waals surface area contributed by atoms with Gasteiger partial charge in [0.2, 0.25) is 16.0 Å². The Morgan fingerprint density at radius 3 is 2.46 bits per heavy atom. The van der Waals surface area contributed by atoms with Gasteiger partial charge in [0.1, 0.15) is 0 Å². The first-order chi connectivity index (χ1) is 12.5. The first kappa shape index (κ1) is 18.6. The van der Waals surface area contributed by atoms with Crippen molar-refractivity contribution < 1.29 is 8.42 Å². The molecule has 0 aromatic carbocycles. The molecule has 3 rings (SSSR count). The van der Waals surface area contributed by atoms with Crippen molar-refractivity contribution in [3.05, 3.63) is 30.9 Å². The van der Waals surface area contributed by atoms with Crippen molar-refractivity contribution in [2.75, 3.05) is 48.6 Å². The predicted molar refractivity (Wildman–Crippen MR) is 101 cm³/mol. The van der Waals surface area contributed by atoms with Crippen LogP contribution in [0.1, 0.15) is 12.8 Å². The summed E-state index contributed by atoms with van der Waals surface area (Å²) in [5, 5.41) is 4.18. The van der Waals surface area contributed by atoms with E-state index in [0.29, 0.717) is 5.69 Å². The van der Waals surface area contributed by atoms with Crippen LogP contribution in [-0.4, -0.2) is 72.0 Å². The molecular formula is C16H25N7O2S. The van der Waals surface area contributed by atoms with Crippen molar-refractivity contribution >= 4 is 21.7 Å². The van der Waals surface area contributed by atoms with E-state index in [1.807, 2.05) is 6.07 Å². The molecule has 1 fully saturated rings. The van der Waals surface area contributed by atoms with Crippen LogP contribution in [-0.2, 0) is 16.6 Å². The summed E-state index contributed by atoms with van der Waals surface area (Å²) in [6.07, 6.45) is 10.0. The maximum atomic E-state index is 11.2. The second-order valence-electron chi connectivity index (χ2n) is 6.45. The van der Waals surface area contributed by atoms with Gasteiger partial charge in [-0.05, 0) is 25.5 Å². The van der Waals surface area contributed by atoms with Gasteiger partial charge < -0.3 is 4.90 Å². The van der Waals surface area contributed by atoms with Crippen LogP contribution < -0.4 is 9.62 Å². The van der Waals surface area contributed by atoms with Crippen LogP contribution in [0.2, 0.25) is 0 Å². The Kier molecular flexibility index (Phi) is 6.04. The van der Waals surface area contributed by atoms with E-state index in [4.69, 9.17) is 0 Å². The highest BCUT2D eigenvalue weighted by Gasteiger charge is 2.18. The average Bonchev–Trinajstić information content (AvgIpc) is 3.05. The lowest BCUT2D eigenvalue weighted by Crippen LogP contribution is -2.47. The topological polar surface area (TPSA) is 96.2 Å². The molecule has 1 saturated heterocycles. The van der Waals surface area contributed by atoms with Gasteiger partial charge in [-0.1, -0.05) is 0 Å². The Hall–Kier alpha value is -2.20. The van der Waals surface area contributed by atoms with Crippen LogP contribution in [0.25, 0.3) is 0 Å². The molecule has 2 aromatic rings. The van der Waals surface area contributed by atoms with Crippen molar-refractivity contribution in [1.29, 1.82) is 0 Å². The minimum absolute atomic E-state index is 0.506. The monoisotopic (exact) mass is 379 g/mol. The summed E-state index contributed by atoms with van der Waals surface area (Å²) in [6, 6.07) is 1.83. The van der Waals surface area contributed by atoms with Gasteiger partial charge in [-0.3, -0.25) is 14.3 Å². The zero-order valence-corrected chi connectivity index (χ0v) is 15.8. The maximum absolute atomic E-state index is 11.2. The van der Waals surface area contributed by atoms with Crippen molar-refractivity contribution in [3.63, 3.8) is 0 Å². The van der Waals surface area contributed by atoms with Crippen molar-refractivity contribution in [3.8, 4) is 0 Å². The average molecular weight is 379 g/mol. The molecule has 1 aliphatic rings. The summed E-state index contributed by atoms with van der Waals surface area (Å²) in [4.78, 5) is 13.3. The maximum Gasteiger partial charge on any atom is 0.229 e. The summed E-state index contributed by atoms with van der Waals surface area (Å²) in [5.41, 5.74) is 0.506. The number of unbranched alkanes of at least 4 members (excludes halogenated alkanes) is 1. The number of nitrogens with one attached hydrogen (secondary N) is 1. The summed E-state index contributed by atoms with van der Waals surface area (Å²) in [5.74, 6) is 0.810. The Morgan fingerprint density at radius 1 is 1.08 bits per heavy atom. The third-order valence-corrected chi connectivity index (χ3v) is 4.86. The highest BCUT2D eigenvalue weighted by molar-refractivity contribution is 7.92. The van der Waals surface area contributed by atoms with Gasteiger partial charge >= 0.3 is 0 Å². The predicted octanol–water partition coefficient (Wildman–Crippen LogP) is 0.647. The molecular weight excluding hydrogens is 354 g/mol. The number of nitrogens with zero attached hydrogens (tertiary/aromatic N) is 6. The Bertz CT molecular complexity index is 786. The van der Waals surface area contributed by atoms with Crippen LogP contribution in [0.5, 0.6) is 0 Å². The normalized spacial score (nSPS) is 16.0. The molecule has 0 bridgehead atoms. The molecule has 9 nitrogen and oxygen atoms in total. The molecule has 1 N–H and O–H groups in total. The zero-order chi connectivity index (χ0) is 18.4. The smallest absolute Gasteiger partial charge is 0.229 e.